The topological polar surface area (TPSA) is 54.0 Å². The van der Waals surface area contributed by atoms with E-state index in [0.29, 0.717) is 10.0 Å². The fourth-order valence-corrected chi connectivity index (χ4v) is 3.29. The van der Waals surface area contributed by atoms with Gasteiger partial charge in [0.25, 0.3) is 0 Å². The van der Waals surface area contributed by atoms with Gasteiger partial charge in [0, 0.05) is 28.6 Å². The van der Waals surface area contributed by atoms with Crippen molar-refractivity contribution in [3.8, 4) is 11.3 Å². The second kappa shape index (κ2) is 7.21. The highest BCUT2D eigenvalue weighted by molar-refractivity contribution is 7.14. The summed E-state index contributed by atoms with van der Waals surface area (Å²) in [6.07, 6.45) is 0. The summed E-state index contributed by atoms with van der Waals surface area (Å²) in [6.45, 7) is 1.48. The number of benzene rings is 2. The van der Waals surface area contributed by atoms with Gasteiger partial charge in [-0.15, -0.1) is 11.3 Å². The van der Waals surface area contributed by atoms with E-state index in [1.54, 1.807) is 12.1 Å². The van der Waals surface area contributed by atoms with Crippen molar-refractivity contribution in [3.63, 3.8) is 0 Å². The largest absolute Gasteiger partial charge is 0.330 e. The molecule has 2 aromatic carbocycles. The van der Waals surface area contributed by atoms with Crippen LogP contribution in [0.2, 0.25) is 10.0 Å². The summed E-state index contributed by atoms with van der Waals surface area (Å²) in [5.74, 6) is -0.0947. The molecule has 0 aliphatic heterocycles. The van der Waals surface area contributed by atoms with Crippen LogP contribution in [-0.2, 0) is 4.79 Å². The Morgan fingerprint density at radius 1 is 1.12 bits per heavy atom. The highest BCUT2D eigenvalue weighted by Crippen LogP contribution is 2.31. The molecule has 0 atom stereocenters. The van der Waals surface area contributed by atoms with E-state index >= 15 is 0 Å². The molecule has 3 rings (SSSR count). The first-order valence-corrected chi connectivity index (χ1v) is 8.70. The van der Waals surface area contributed by atoms with Crippen molar-refractivity contribution in [2.24, 2.45) is 0 Å². The number of anilines is 3. The third-order valence-electron chi connectivity index (χ3n) is 3.18. The Morgan fingerprint density at radius 2 is 1.88 bits per heavy atom. The number of carbonyl (C=O) groups excluding carboxylic acids is 1. The molecule has 0 radical (unpaired) electrons. The third-order valence-corrected chi connectivity index (χ3v) is 4.48. The van der Waals surface area contributed by atoms with Gasteiger partial charge in [-0.25, -0.2) is 4.98 Å². The molecule has 0 saturated carbocycles. The fourth-order valence-electron chi connectivity index (χ4n) is 2.10. The molecule has 4 nitrogen and oxygen atoms in total. The number of hydrogen-bond acceptors (Lipinski definition) is 4. The van der Waals surface area contributed by atoms with Crippen molar-refractivity contribution in [1.29, 1.82) is 0 Å². The van der Waals surface area contributed by atoms with Crippen molar-refractivity contribution in [2.75, 3.05) is 10.6 Å². The Labute approximate surface area is 153 Å². The lowest BCUT2D eigenvalue weighted by Gasteiger charge is -2.05. The van der Waals surface area contributed by atoms with Gasteiger partial charge in [0.2, 0.25) is 5.91 Å². The second-order valence-electron chi connectivity index (χ2n) is 5.05. The fraction of sp³-hybridized carbons (Fsp3) is 0.0588. The second-order valence-corrected chi connectivity index (χ2v) is 6.75. The number of rotatable bonds is 4. The maximum atomic E-state index is 11.0. The Morgan fingerprint density at radius 3 is 2.54 bits per heavy atom. The van der Waals surface area contributed by atoms with E-state index < -0.39 is 0 Å². The Hall–Kier alpha value is -2.08. The number of nitrogens with zero attached hydrogens (tertiary/aromatic N) is 1. The molecule has 0 saturated heterocycles. The number of hydrogen-bond donors (Lipinski definition) is 2. The number of nitrogens with one attached hydrogen (secondary N) is 2. The summed E-state index contributed by atoms with van der Waals surface area (Å²) < 4.78 is 0. The van der Waals surface area contributed by atoms with Crippen molar-refractivity contribution >= 4 is 57.0 Å². The van der Waals surface area contributed by atoms with Gasteiger partial charge in [-0.2, -0.15) is 0 Å². The molecule has 3 aromatic rings. The molecule has 7 heteroatoms. The van der Waals surface area contributed by atoms with Crippen LogP contribution >= 0.6 is 34.5 Å². The minimum atomic E-state index is -0.0947. The maximum Gasteiger partial charge on any atom is 0.221 e. The number of thiazole rings is 1. The molecular weight excluding hydrogens is 365 g/mol. The minimum Gasteiger partial charge on any atom is -0.330 e. The molecule has 0 aliphatic rings. The van der Waals surface area contributed by atoms with E-state index in [0.717, 1.165) is 27.8 Å². The zero-order chi connectivity index (χ0) is 17.1. The lowest BCUT2D eigenvalue weighted by Crippen LogP contribution is -2.05. The quantitative estimate of drug-likeness (QED) is 0.602. The average molecular weight is 378 g/mol. The monoisotopic (exact) mass is 377 g/mol. The van der Waals surface area contributed by atoms with Crippen LogP contribution in [0.3, 0.4) is 0 Å². The predicted molar refractivity (Wildman–Crippen MR) is 102 cm³/mol. The molecule has 0 unspecified atom stereocenters. The third kappa shape index (κ3) is 4.06. The molecule has 1 aromatic heterocycles. The Bertz CT molecular complexity index is 878. The summed E-state index contributed by atoms with van der Waals surface area (Å²) >= 11 is 13.5. The molecule has 2 N–H and O–H groups in total. The van der Waals surface area contributed by atoms with E-state index in [1.807, 2.05) is 35.7 Å². The maximum absolute atomic E-state index is 11.0. The zero-order valence-corrected chi connectivity index (χ0v) is 15.0. The van der Waals surface area contributed by atoms with Crippen LogP contribution in [0, 0.1) is 0 Å². The van der Waals surface area contributed by atoms with Crippen LogP contribution in [0.4, 0.5) is 16.5 Å². The molecule has 0 aliphatic carbocycles. The number of halogens is 2. The van der Waals surface area contributed by atoms with Gasteiger partial charge in [0.05, 0.1) is 16.4 Å². The first-order valence-electron chi connectivity index (χ1n) is 7.07. The van der Waals surface area contributed by atoms with Crippen LogP contribution in [0.25, 0.3) is 11.3 Å². The molecule has 0 bridgehead atoms. The first-order chi connectivity index (χ1) is 11.5. The predicted octanol–water partition coefficient (Wildman–Crippen LogP) is 5.82. The summed E-state index contributed by atoms with van der Waals surface area (Å²) in [5, 5.41) is 9.75. The highest BCUT2D eigenvalue weighted by atomic mass is 35.5. The highest BCUT2D eigenvalue weighted by Gasteiger charge is 2.07. The van der Waals surface area contributed by atoms with Crippen LogP contribution < -0.4 is 10.6 Å². The van der Waals surface area contributed by atoms with Crippen molar-refractivity contribution in [1.82, 2.24) is 4.98 Å². The SMILES string of the molecule is CC(=O)Nc1ccc(-c2csc(Nc3ccc(Cl)cc3Cl)n2)cc1. The van der Waals surface area contributed by atoms with Crippen molar-refractivity contribution in [3.05, 3.63) is 57.9 Å². The van der Waals surface area contributed by atoms with Crippen molar-refractivity contribution in [2.45, 2.75) is 6.92 Å². The summed E-state index contributed by atoms with van der Waals surface area (Å²) in [6, 6.07) is 12.8. The first kappa shape index (κ1) is 16.8. The minimum absolute atomic E-state index is 0.0947. The van der Waals surface area contributed by atoms with Gasteiger partial charge in [-0.3, -0.25) is 4.79 Å². The van der Waals surface area contributed by atoms with E-state index in [4.69, 9.17) is 23.2 Å². The van der Waals surface area contributed by atoms with Crippen LogP contribution in [-0.4, -0.2) is 10.9 Å². The zero-order valence-electron chi connectivity index (χ0n) is 12.6. The Balaban J connectivity index is 1.76. The van der Waals surface area contributed by atoms with Crippen LogP contribution in [0.15, 0.2) is 47.8 Å². The molecular formula is C17H13Cl2N3OS. The lowest BCUT2D eigenvalue weighted by atomic mass is 10.1. The summed E-state index contributed by atoms with van der Waals surface area (Å²) in [7, 11) is 0. The van der Waals surface area contributed by atoms with Gasteiger partial charge < -0.3 is 10.6 Å². The van der Waals surface area contributed by atoms with Gasteiger partial charge in [-0.05, 0) is 30.3 Å². The average Bonchev–Trinajstić information content (AvgIpc) is 2.99. The number of amides is 1. The molecule has 24 heavy (non-hydrogen) atoms. The standard InChI is InChI=1S/C17H13Cl2N3OS/c1-10(23)20-13-5-2-11(3-6-13)16-9-24-17(22-16)21-15-7-4-12(18)8-14(15)19/h2-9H,1H3,(H,20,23)(H,21,22). The summed E-state index contributed by atoms with van der Waals surface area (Å²) in [4.78, 5) is 15.6. The molecule has 122 valence electrons. The van der Waals surface area contributed by atoms with Crippen LogP contribution in [0.5, 0.6) is 0 Å². The molecule has 1 amide bonds. The summed E-state index contributed by atoms with van der Waals surface area (Å²) in [5.41, 5.74) is 3.33. The normalized spacial score (nSPS) is 10.5. The molecule has 0 fully saturated rings. The molecule has 1 heterocycles. The van der Waals surface area contributed by atoms with E-state index in [-0.39, 0.29) is 5.91 Å². The number of aromatic nitrogens is 1. The van der Waals surface area contributed by atoms with Gasteiger partial charge in [0.1, 0.15) is 0 Å². The number of carbonyl (C=O) groups is 1. The van der Waals surface area contributed by atoms with Gasteiger partial charge >= 0.3 is 0 Å². The van der Waals surface area contributed by atoms with Gasteiger partial charge in [0.15, 0.2) is 5.13 Å². The van der Waals surface area contributed by atoms with E-state index in [1.165, 1.54) is 18.3 Å². The lowest BCUT2D eigenvalue weighted by molar-refractivity contribution is -0.114. The van der Waals surface area contributed by atoms with E-state index in [9.17, 15) is 4.79 Å². The van der Waals surface area contributed by atoms with Crippen LogP contribution in [0.1, 0.15) is 6.92 Å². The van der Waals surface area contributed by atoms with E-state index in [2.05, 4.69) is 15.6 Å². The van der Waals surface area contributed by atoms with Crippen molar-refractivity contribution < 1.29 is 4.79 Å². The Kier molecular flexibility index (Phi) is 5.04. The van der Waals surface area contributed by atoms with Gasteiger partial charge in [-0.1, -0.05) is 35.3 Å². The molecule has 0 spiro atoms. The smallest absolute Gasteiger partial charge is 0.221 e.